The third kappa shape index (κ3) is 9.97. The van der Waals surface area contributed by atoms with E-state index in [1.54, 1.807) is 0 Å². The van der Waals surface area contributed by atoms with Gasteiger partial charge in [-0.3, -0.25) is 0 Å². The Bertz CT molecular complexity index is 356. The predicted octanol–water partition coefficient (Wildman–Crippen LogP) is 8.71. The molecule has 0 aliphatic carbocycles. The van der Waals surface area contributed by atoms with Crippen molar-refractivity contribution in [3.8, 4) is 0 Å². The first kappa shape index (κ1) is 26.2. The van der Waals surface area contributed by atoms with Gasteiger partial charge in [-0.15, -0.1) is 0 Å². The Hall–Kier alpha value is 0.240. The normalized spacial score (nSPS) is 14.7. The van der Waals surface area contributed by atoms with Gasteiger partial charge in [0.2, 0.25) is 0 Å². The second kappa shape index (κ2) is 12.6. The molecule has 0 amide bonds. The number of alkyl halides is 8. The summed E-state index contributed by atoms with van der Waals surface area (Å²) in [5.41, 5.74) is 0. The van der Waals surface area contributed by atoms with Gasteiger partial charge in [0, 0.05) is 10.3 Å². The Morgan fingerprint density at radius 3 is 1.54 bits per heavy atom. The van der Waals surface area contributed by atoms with E-state index in [4.69, 9.17) is 0 Å². The van der Waals surface area contributed by atoms with Crippen molar-refractivity contribution in [3.63, 3.8) is 0 Å². The number of hydrogen-bond acceptors (Lipinski definition) is 0. The third-order valence-electron chi connectivity index (χ3n) is 4.44. The molecule has 0 radical (unpaired) electrons. The second-order valence-electron chi connectivity index (χ2n) is 6.88. The highest BCUT2D eigenvalue weighted by atomic mass is 127. The van der Waals surface area contributed by atoms with E-state index >= 15 is 0 Å². The van der Waals surface area contributed by atoms with Crippen LogP contribution in [0.3, 0.4) is 0 Å². The average molecular weight is 506 g/mol. The first-order valence-corrected chi connectivity index (χ1v) is 10.7. The topological polar surface area (TPSA) is 0 Å². The van der Waals surface area contributed by atoms with E-state index in [0.717, 1.165) is 25.7 Å². The molecule has 0 saturated heterocycles. The molecule has 0 heterocycles. The molecule has 158 valence electrons. The first-order chi connectivity index (χ1) is 12.0. The quantitative estimate of drug-likeness (QED) is 0.0902. The van der Waals surface area contributed by atoms with Crippen LogP contribution in [0, 0.1) is 0 Å². The molecule has 0 aliphatic heterocycles. The number of rotatable bonds is 15. The van der Waals surface area contributed by atoms with Gasteiger partial charge < -0.3 is 0 Å². The molecule has 0 rings (SSSR count). The van der Waals surface area contributed by atoms with Crippen LogP contribution in [0.4, 0.5) is 30.7 Å². The van der Waals surface area contributed by atoms with E-state index in [0.29, 0.717) is 10.3 Å². The summed E-state index contributed by atoms with van der Waals surface area (Å²) in [4.78, 5) is 0. The molecule has 0 fully saturated rings. The maximum Gasteiger partial charge on any atom is 0.459 e. The fourth-order valence-corrected chi connectivity index (χ4v) is 3.60. The lowest BCUT2D eigenvalue weighted by atomic mass is 10.0. The highest BCUT2D eigenvalue weighted by molar-refractivity contribution is 14.1. The number of hydrogen-bond donors (Lipinski definition) is 0. The Kier molecular flexibility index (Phi) is 12.8. The van der Waals surface area contributed by atoms with Crippen LogP contribution >= 0.6 is 22.6 Å². The highest BCUT2D eigenvalue weighted by Crippen LogP contribution is 2.48. The van der Waals surface area contributed by atoms with E-state index in [1.807, 2.05) is 0 Å². The summed E-state index contributed by atoms with van der Waals surface area (Å²) in [7, 11) is 0. The molecule has 0 aromatic rings. The van der Waals surface area contributed by atoms with Crippen LogP contribution in [0.15, 0.2) is 0 Å². The van der Waals surface area contributed by atoms with Crippen molar-refractivity contribution in [1.29, 1.82) is 0 Å². The zero-order valence-electron chi connectivity index (χ0n) is 15.3. The predicted molar refractivity (Wildman–Crippen MR) is 99.5 cm³/mol. The molecule has 0 nitrogen and oxygen atoms in total. The molecular weight excluding hydrogens is 476 g/mol. The third-order valence-corrected chi connectivity index (χ3v) is 5.69. The van der Waals surface area contributed by atoms with Crippen LogP contribution in [-0.2, 0) is 0 Å². The SMILES string of the molecule is CCCCCCCCC(I)CCCCCCC(F)(F)C(F)(F)C(F)(F)F. The van der Waals surface area contributed by atoms with E-state index in [-0.39, 0.29) is 12.8 Å². The lowest BCUT2D eigenvalue weighted by Gasteiger charge is -2.28. The lowest BCUT2D eigenvalue weighted by molar-refractivity contribution is -0.355. The molecule has 0 aromatic heterocycles. The molecule has 1 atom stereocenters. The van der Waals surface area contributed by atoms with Gasteiger partial charge in [0.25, 0.3) is 0 Å². The van der Waals surface area contributed by atoms with Gasteiger partial charge in [0.1, 0.15) is 0 Å². The maximum absolute atomic E-state index is 13.1. The van der Waals surface area contributed by atoms with Gasteiger partial charge in [-0.2, -0.15) is 30.7 Å². The van der Waals surface area contributed by atoms with Crippen molar-refractivity contribution in [2.75, 3.05) is 0 Å². The first-order valence-electron chi connectivity index (χ1n) is 9.42. The Morgan fingerprint density at radius 2 is 1.08 bits per heavy atom. The standard InChI is InChI=1S/C18H30F7I/c1-2-3-4-5-6-9-12-15(26)13-10-7-8-11-14-16(19,20)17(21,22)18(23,24)25/h15H,2-14H2,1H3. The average Bonchev–Trinajstić information content (AvgIpc) is 2.52. The van der Waals surface area contributed by atoms with Crippen molar-refractivity contribution in [2.45, 2.75) is 112 Å². The smallest absolute Gasteiger partial charge is 0.200 e. The monoisotopic (exact) mass is 506 g/mol. The molecule has 0 saturated carbocycles. The fraction of sp³-hybridized carbons (Fsp3) is 1.00. The van der Waals surface area contributed by atoms with Crippen molar-refractivity contribution < 1.29 is 30.7 Å². The van der Waals surface area contributed by atoms with Crippen LogP contribution in [0.5, 0.6) is 0 Å². The van der Waals surface area contributed by atoms with Gasteiger partial charge in [0.05, 0.1) is 0 Å². The van der Waals surface area contributed by atoms with Crippen LogP contribution in [0.25, 0.3) is 0 Å². The molecule has 0 aliphatic rings. The van der Waals surface area contributed by atoms with E-state index in [9.17, 15) is 30.7 Å². The van der Waals surface area contributed by atoms with Crippen molar-refractivity contribution in [2.24, 2.45) is 0 Å². The van der Waals surface area contributed by atoms with Crippen molar-refractivity contribution in [1.82, 2.24) is 0 Å². The molecular formula is C18H30F7I. The summed E-state index contributed by atoms with van der Waals surface area (Å²) in [6, 6.07) is 0. The van der Waals surface area contributed by atoms with Crippen LogP contribution < -0.4 is 0 Å². The Labute approximate surface area is 165 Å². The fourth-order valence-electron chi connectivity index (χ4n) is 2.72. The van der Waals surface area contributed by atoms with Crippen molar-refractivity contribution >= 4 is 22.6 Å². The van der Waals surface area contributed by atoms with Gasteiger partial charge in [-0.05, 0) is 19.3 Å². The van der Waals surface area contributed by atoms with E-state index in [2.05, 4.69) is 29.5 Å². The van der Waals surface area contributed by atoms with Crippen LogP contribution in [0.2, 0.25) is 0 Å². The molecule has 8 heteroatoms. The zero-order chi connectivity index (χ0) is 20.3. The summed E-state index contributed by atoms with van der Waals surface area (Å²) in [5.74, 6) is -11.0. The highest BCUT2D eigenvalue weighted by Gasteiger charge is 2.72. The lowest BCUT2D eigenvalue weighted by Crippen LogP contribution is -2.51. The molecule has 26 heavy (non-hydrogen) atoms. The summed E-state index contributed by atoms with van der Waals surface area (Å²) in [5, 5.41) is 0. The second-order valence-corrected chi connectivity index (χ2v) is 8.64. The number of halogens is 8. The molecule has 0 spiro atoms. The van der Waals surface area contributed by atoms with Gasteiger partial charge in [-0.25, -0.2) is 0 Å². The summed E-state index contributed by atoms with van der Waals surface area (Å²) >= 11 is 2.36. The molecule has 1 unspecified atom stereocenters. The molecule has 0 bridgehead atoms. The Morgan fingerprint density at radius 1 is 0.654 bits per heavy atom. The largest absolute Gasteiger partial charge is 0.459 e. The minimum absolute atomic E-state index is 0.240. The molecule has 0 aromatic carbocycles. The summed E-state index contributed by atoms with van der Waals surface area (Å²) in [6.45, 7) is 2.17. The van der Waals surface area contributed by atoms with Gasteiger partial charge in [-0.1, -0.05) is 87.3 Å². The van der Waals surface area contributed by atoms with Crippen LogP contribution in [0.1, 0.15) is 90.4 Å². The zero-order valence-corrected chi connectivity index (χ0v) is 17.5. The minimum atomic E-state index is -6.22. The van der Waals surface area contributed by atoms with Crippen molar-refractivity contribution in [3.05, 3.63) is 0 Å². The maximum atomic E-state index is 13.1. The molecule has 0 N–H and O–H groups in total. The van der Waals surface area contributed by atoms with E-state index < -0.39 is 24.4 Å². The summed E-state index contributed by atoms with van der Waals surface area (Å²) < 4.78 is 88.2. The minimum Gasteiger partial charge on any atom is -0.200 e. The van der Waals surface area contributed by atoms with E-state index in [1.165, 1.54) is 32.1 Å². The van der Waals surface area contributed by atoms with Gasteiger partial charge >= 0.3 is 18.0 Å². The van der Waals surface area contributed by atoms with Crippen LogP contribution in [-0.4, -0.2) is 21.9 Å². The summed E-state index contributed by atoms with van der Waals surface area (Å²) in [6.07, 6.45) is 2.99. The number of unbranched alkanes of at least 4 members (excludes halogenated alkanes) is 8. The van der Waals surface area contributed by atoms with Gasteiger partial charge in [0.15, 0.2) is 0 Å². The Balaban J connectivity index is 3.77.